The third kappa shape index (κ3) is 2.78. The SMILES string of the molecule is COc1cc(N)cc(C(=O)Nc2nc(C)cs2)c1. The van der Waals surface area contributed by atoms with Crippen molar-refractivity contribution in [2.45, 2.75) is 6.92 Å². The molecule has 0 atom stereocenters. The summed E-state index contributed by atoms with van der Waals surface area (Å²) in [5.41, 5.74) is 7.50. The zero-order chi connectivity index (χ0) is 13.1. The molecule has 0 saturated heterocycles. The van der Waals surface area contributed by atoms with E-state index in [9.17, 15) is 4.79 Å². The third-order valence-electron chi connectivity index (χ3n) is 2.27. The molecule has 3 N–H and O–H groups in total. The van der Waals surface area contributed by atoms with E-state index in [4.69, 9.17) is 10.5 Å². The van der Waals surface area contributed by atoms with E-state index >= 15 is 0 Å². The minimum Gasteiger partial charge on any atom is -0.497 e. The van der Waals surface area contributed by atoms with Gasteiger partial charge in [-0.25, -0.2) is 4.98 Å². The monoisotopic (exact) mass is 263 g/mol. The molecule has 18 heavy (non-hydrogen) atoms. The topological polar surface area (TPSA) is 77.2 Å². The van der Waals surface area contributed by atoms with Crippen LogP contribution >= 0.6 is 11.3 Å². The van der Waals surface area contributed by atoms with Gasteiger partial charge in [0.05, 0.1) is 12.8 Å². The average Bonchev–Trinajstić information content (AvgIpc) is 2.73. The van der Waals surface area contributed by atoms with Gasteiger partial charge in [0.25, 0.3) is 5.91 Å². The molecule has 1 amide bonds. The first kappa shape index (κ1) is 12.4. The molecule has 0 aliphatic heterocycles. The molecule has 5 nitrogen and oxygen atoms in total. The fraction of sp³-hybridized carbons (Fsp3) is 0.167. The summed E-state index contributed by atoms with van der Waals surface area (Å²) in [5, 5.41) is 5.15. The Morgan fingerprint density at radius 2 is 2.22 bits per heavy atom. The predicted molar refractivity (Wildman–Crippen MR) is 72.2 cm³/mol. The van der Waals surface area contributed by atoms with E-state index in [0.717, 1.165) is 5.69 Å². The van der Waals surface area contributed by atoms with Gasteiger partial charge in [-0.1, -0.05) is 0 Å². The van der Waals surface area contributed by atoms with Crippen molar-refractivity contribution in [1.82, 2.24) is 4.98 Å². The number of aryl methyl sites for hydroxylation is 1. The molecule has 1 aromatic carbocycles. The lowest BCUT2D eigenvalue weighted by molar-refractivity contribution is 0.102. The number of nitrogens with one attached hydrogen (secondary N) is 1. The van der Waals surface area contributed by atoms with Crippen LogP contribution in [0.25, 0.3) is 0 Å². The largest absolute Gasteiger partial charge is 0.497 e. The number of rotatable bonds is 3. The van der Waals surface area contributed by atoms with Crippen LogP contribution in [0.2, 0.25) is 0 Å². The highest BCUT2D eigenvalue weighted by Crippen LogP contribution is 2.20. The fourth-order valence-corrected chi connectivity index (χ4v) is 2.13. The van der Waals surface area contributed by atoms with Crippen molar-refractivity contribution in [2.75, 3.05) is 18.2 Å². The number of hydrogen-bond donors (Lipinski definition) is 2. The number of carbonyl (C=O) groups is 1. The zero-order valence-corrected chi connectivity index (χ0v) is 10.9. The van der Waals surface area contributed by atoms with Gasteiger partial charge in [0.15, 0.2) is 5.13 Å². The van der Waals surface area contributed by atoms with Crippen molar-refractivity contribution in [3.8, 4) is 5.75 Å². The van der Waals surface area contributed by atoms with Crippen molar-refractivity contribution >= 4 is 28.1 Å². The van der Waals surface area contributed by atoms with E-state index in [1.54, 1.807) is 18.2 Å². The van der Waals surface area contributed by atoms with Crippen LogP contribution < -0.4 is 15.8 Å². The molecule has 2 rings (SSSR count). The van der Waals surface area contributed by atoms with Crippen molar-refractivity contribution in [2.24, 2.45) is 0 Å². The molecule has 2 aromatic rings. The maximum atomic E-state index is 12.0. The van der Waals surface area contributed by atoms with Gasteiger partial charge in [-0.05, 0) is 19.1 Å². The Hall–Kier alpha value is -2.08. The highest BCUT2D eigenvalue weighted by molar-refractivity contribution is 7.13. The average molecular weight is 263 g/mol. The zero-order valence-electron chi connectivity index (χ0n) is 10.1. The Labute approximate surface area is 109 Å². The first-order chi connectivity index (χ1) is 8.58. The second-order valence-corrected chi connectivity index (χ2v) is 4.60. The Balaban J connectivity index is 2.20. The van der Waals surface area contributed by atoms with Gasteiger partial charge in [0.1, 0.15) is 5.75 Å². The van der Waals surface area contributed by atoms with Gasteiger partial charge < -0.3 is 10.5 Å². The summed E-state index contributed by atoms with van der Waals surface area (Å²) in [6.07, 6.45) is 0. The number of aromatic nitrogens is 1. The van der Waals surface area contributed by atoms with Crippen molar-refractivity contribution in [1.29, 1.82) is 0 Å². The second-order valence-electron chi connectivity index (χ2n) is 3.74. The Morgan fingerprint density at radius 1 is 1.44 bits per heavy atom. The molecule has 0 bridgehead atoms. The Kier molecular flexibility index (Phi) is 3.47. The van der Waals surface area contributed by atoms with Crippen LogP contribution in [0.15, 0.2) is 23.6 Å². The van der Waals surface area contributed by atoms with Gasteiger partial charge in [-0.15, -0.1) is 11.3 Å². The van der Waals surface area contributed by atoms with Crippen LogP contribution in [0.5, 0.6) is 5.75 Å². The van der Waals surface area contributed by atoms with Gasteiger partial charge >= 0.3 is 0 Å². The summed E-state index contributed by atoms with van der Waals surface area (Å²) in [6, 6.07) is 4.88. The molecular weight excluding hydrogens is 250 g/mol. The van der Waals surface area contributed by atoms with Crippen LogP contribution in [-0.2, 0) is 0 Å². The number of carbonyl (C=O) groups excluding carboxylic acids is 1. The standard InChI is InChI=1S/C12H13N3O2S/c1-7-6-18-12(14-7)15-11(16)8-3-9(13)5-10(4-8)17-2/h3-6H,13H2,1-2H3,(H,14,15,16). The third-order valence-corrected chi connectivity index (χ3v) is 3.14. The van der Waals surface area contributed by atoms with Crippen molar-refractivity contribution in [3.05, 3.63) is 34.8 Å². The number of benzene rings is 1. The van der Waals surface area contributed by atoms with Crippen LogP contribution in [-0.4, -0.2) is 18.0 Å². The number of anilines is 2. The lowest BCUT2D eigenvalue weighted by Crippen LogP contribution is -2.12. The molecule has 0 fully saturated rings. The van der Waals surface area contributed by atoms with Gasteiger partial charge in [0, 0.05) is 22.7 Å². The summed E-state index contributed by atoms with van der Waals surface area (Å²) < 4.78 is 5.07. The predicted octanol–water partition coefficient (Wildman–Crippen LogP) is 2.29. The molecule has 94 valence electrons. The molecular formula is C12H13N3O2S. The second kappa shape index (κ2) is 5.05. The highest BCUT2D eigenvalue weighted by atomic mass is 32.1. The number of thiazole rings is 1. The maximum Gasteiger partial charge on any atom is 0.257 e. The van der Waals surface area contributed by atoms with Crippen molar-refractivity contribution < 1.29 is 9.53 Å². The molecule has 0 radical (unpaired) electrons. The minimum atomic E-state index is -0.255. The number of methoxy groups -OCH3 is 1. The summed E-state index contributed by atoms with van der Waals surface area (Å²) in [6.45, 7) is 1.87. The quantitative estimate of drug-likeness (QED) is 0.833. The maximum absolute atomic E-state index is 12.0. The fourth-order valence-electron chi connectivity index (χ4n) is 1.45. The van der Waals surface area contributed by atoms with E-state index in [2.05, 4.69) is 10.3 Å². The summed E-state index contributed by atoms with van der Waals surface area (Å²) in [5.74, 6) is 0.297. The molecule has 1 aromatic heterocycles. The lowest BCUT2D eigenvalue weighted by atomic mass is 10.2. The normalized spacial score (nSPS) is 10.1. The van der Waals surface area contributed by atoms with Gasteiger partial charge in [-0.3, -0.25) is 10.1 Å². The summed E-state index contributed by atoms with van der Waals surface area (Å²) >= 11 is 1.38. The summed E-state index contributed by atoms with van der Waals surface area (Å²) in [4.78, 5) is 16.2. The smallest absolute Gasteiger partial charge is 0.257 e. The molecule has 0 unspecified atom stereocenters. The van der Waals surface area contributed by atoms with E-state index in [1.807, 2.05) is 12.3 Å². The molecule has 0 aliphatic carbocycles. The number of nitrogens with zero attached hydrogens (tertiary/aromatic N) is 1. The van der Waals surface area contributed by atoms with Gasteiger partial charge in [-0.2, -0.15) is 0 Å². The number of nitrogens with two attached hydrogens (primary N) is 1. The highest BCUT2D eigenvalue weighted by Gasteiger charge is 2.10. The first-order valence-electron chi connectivity index (χ1n) is 5.26. The number of nitrogen functional groups attached to an aromatic ring is 1. The molecule has 0 spiro atoms. The number of hydrogen-bond acceptors (Lipinski definition) is 5. The molecule has 0 saturated carbocycles. The van der Waals surface area contributed by atoms with Crippen LogP contribution in [0, 0.1) is 6.92 Å². The van der Waals surface area contributed by atoms with Crippen LogP contribution in [0.4, 0.5) is 10.8 Å². The summed E-state index contributed by atoms with van der Waals surface area (Å²) in [7, 11) is 1.53. The lowest BCUT2D eigenvalue weighted by Gasteiger charge is -2.06. The minimum absolute atomic E-state index is 0.255. The van der Waals surface area contributed by atoms with Crippen LogP contribution in [0.3, 0.4) is 0 Å². The number of ether oxygens (including phenoxy) is 1. The van der Waals surface area contributed by atoms with E-state index in [-0.39, 0.29) is 5.91 Å². The Bertz CT molecular complexity index is 580. The molecule has 6 heteroatoms. The first-order valence-corrected chi connectivity index (χ1v) is 6.14. The van der Waals surface area contributed by atoms with E-state index < -0.39 is 0 Å². The molecule has 0 aliphatic rings. The van der Waals surface area contributed by atoms with Crippen molar-refractivity contribution in [3.63, 3.8) is 0 Å². The van der Waals surface area contributed by atoms with Crippen LogP contribution in [0.1, 0.15) is 16.1 Å². The molecule has 1 heterocycles. The van der Waals surface area contributed by atoms with Gasteiger partial charge in [0.2, 0.25) is 0 Å². The van der Waals surface area contributed by atoms with E-state index in [1.165, 1.54) is 18.4 Å². The van der Waals surface area contributed by atoms with E-state index in [0.29, 0.717) is 22.1 Å². The Morgan fingerprint density at radius 3 is 2.83 bits per heavy atom. The number of amides is 1.